The van der Waals surface area contributed by atoms with Gasteiger partial charge in [0.15, 0.2) is 0 Å². The lowest BCUT2D eigenvalue weighted by Crippen LogP contribution is -1.98. The highest BCUT2D eigenvalue weighted by atomic mass is 32.1. The number of hydrogen-bond acceptors (Lipinski definition) is 4. The van der Waals surface area contributed by atoms with Gasteiger partial charge >= 0.3 is 0 Å². The Hall–Kier alpha value is -1.18. The Kier molecular flexibility index (Phi) is 6.47. The molecule has 0 fully saturated rings. The summed E-state index contributed by atoms with van der Waals surface area (Å²) in [5.74, 6) is 0. The third-order valence-corrected chi connectivity index (χ3v) is 2.49. The van der Waals surface area contributed by atoms with Crippen molar-refractivity contribution >= 4 is 34.8 Å². The van der Waals surface area contributed by atoms with Crippen LogP contribution in [0.25, 0.3) is 0 Å². The predicted octanol–water partition coefficient (Wildman–Crippen LogP) is 2.98. The lowest BCUT2D eigenvalue weighted by atomic mass is 10.0. The Morgan fingerprint density at radius 1 is 0.875 bits per heavy atom. The summed E-state index contributed by atoms with van der Waals surface area (Å²) in [5, 5.41) is 4.75. The fourth-order valence-electron chi connectivity index (χ4n) is 1.49. The average Bonchev–Trinajstić information content (AvgIpc) is 2.32. The van der Waals surface area contributed by atoms with Crippen LogP contribution in [0.1, 0.15) is 11.1 Å². The Balaban J connectivity index is 2.66. The number of aliphatic imine (C=N–C) groups is 2. The molecule has 0 aliphatic carbocycles. The number of hydrogen-bond donors (Lipinski definition) is 0. The van der Waals surface area contributed by atoms with Crippen molar-refractivity contribution < 1.29 is 0 Å². The summed E-state index contributed by atoms with van der Waals surface area (Å²) in [6.07, 6.45) is 1.78. The lowest BCUT2D eigenvalue weighted by Gasteiger charge is -2.06. The monoisotopic (exact) mass is 248 g/mol. The molecule has 0 N–H and O–H groups in total. The van der Waals surface area contributed by atoms with Crippen LogP contribution in [-0.2, 0) is 12.8 Å². The molecule has 82 valence electrons. The van der Waals surface area contributed by atoms with Gasteiger partial charge in [-0.15, -0.1) is 0 Å². The first-order valence-corrected chi connectivity index (χ1v) is 5.84. The highest BCUT2D eigenvalue weighted by molar-refractivity contribution is 7.78. The summed E-state index contributed by atoms with van der Waals surface area (Å²) in [6, 6.07) is 8.27. The van der Waals surface area contributed by atoms with Crippen LogP contribution in [0, 0.1) is 0 Å². The van der Waals surface area contributed by atoms with E-state index in [1.807, 2.05) is 12.1 Å². The van der Waals surface area contributed by atoms with Crippen LogP contribution >= 0.6 is 24.4 Å². The van der Waals surface area contributed by atoms with Crippen molar-refractivity contribution in [1.29, 1.82) is 0 Å². The van der Waals surface area contributed by atoms with Gasteiger partial charge in [-0.1, -0.05) is 24.3 Å². The zero-order chi connectivity index (χ0) is 11.6. The van der Waals surface area contributed by atoms with Gasteiger partial charge in [-0.25, -0.2) is 9.98 Å². The number of thiocarbonyl (C=S) groups is 2. The molecule has 1 rings (SSSR count). The third kappa shape index (κ3) is 4.56. The molecule has 16 heavy (non-hydrogen) atoms. The van der Waals surface area contributed by atoms with Gasteiger partial charge in [-0.3, -0.25) is 0 Å². The fourth-order valence-corrected chi connectivity index (χ4v) is 1.67. The van der Waals surface area contributed by atoms with Crippen molar-refractivity contribution in [2.75, 3.05) is 13.1 Å². The van der Waals surface area contributed by atoms with Gasteiger partial charge in [-0.2, -0.15) is 0 Å². The van der Waals surface area contributed by atoms with Gasteiger partial charge in [0, 0.05) is 0 Å². The standard InChI is InChI=1S/C12H12N2S2/c15-9-13-7-5-11-3-1-2-4-12(11)6-8-14-10-16/h1-4H,5-8H2. The van der Waals surface area contributed by atoms with Gasteiger partial charge in [0.1, 0.15) is 0 Å². The van der Waals surface area contributed by atoms with Gasteiger partial charge in [-0.05, 0) is 48.4 Å². The van der Waals surface area contributed by atoms with Crippen molar-refractivity contribution in [3.05, 3.63) is 35.4 Å². The SMILES string of the molecule is S=C=NCCc1ccccc1CCN=C=S. The fraction of sp³-hybridized carbons (Fsp3) is 0.333. The minimum absolute atomic E-state index is 0.691. The summed E-state index contributed by atoms with van der Waals surface area (Å²) in [6.45, 7) is 1.38. The van der Waals surface area contributed by atoms with Gasteiger partial charge in [0.05, 0.1) is 23.4 Å². The van der Waals surface area contributed by atoms with E-state index in [0.29, 0.717) is 13.1 Å². The summed E-state index contributed by atoms with van der Waals surface area (Å²) in [7, 11) is 0. The molecule has 2 nitrogen and oxygen atoms in total. The first-order chi connectivity index (χ1) is 7.88. The topological polar surface area (TPSA) is 24.7 Å². The minimum atomic E-state index is 0.691. The van der Waals surface area contributed by atoms with Crippen molar-refractivity contribution in [2.24, 2.45) is 9.98 Å². The highest BCUT2D eigenvalue weighted by Crippen LogP contribution is 2.10. The second kappa shape index (κ2) is 8.03. The van der Waals surface area contributed by atoms with Crippen LogP contribution in [0.15, 0.2) is 34.3 Å². The number of isothiocyanates is 2. The molecule has 0 heterocycles. The molecular formula is C12H12N2S2. The molecular weight excluding hydrogens is 236 g/mol. The Bertz CT molecular complexity index is 389. The summed E-state index contributed by atoms with van der Waals surface area (Å²) < 4.78 is 0. The molecule has 0 spiro atoms. The maximum Gasteiger partial charge on any atom is 0.0585 e. The van der Waals surface area contributed by atoms with E-state index in [-0.39, 0.29) is 0 Å². The third-order valence-electron chi connectivity index (χ3n) is 2.23. The highest BCUT2D eigenvalue weighted by Gasteiger charge is 2.00. The van der Waals surface area contributed by atoms with E-state index in [2.05, 4.69) is 56.9 Å². The van der Waals surface area contributed by atoms with E-state index >= 15 is 0 Å². The van der Waals surface area contributed by atoms with E-state index in [1.165, 1.54) is 11.1 Å². The second-order valence-electron chi connectivity index (χ2n) is 3.21. The van der Waals surface area contributed by atoms with Crippen LogP contribution in [0.4, 0.5) is 0 Å². The smallest absolute Gasteiger partial charge is 0.0585 e. The lowest BCUT2D eigenvalue weighted by molar-refractivity contribution is 0.912. The van der Waals surface area contributed by atoms with E-state index in [4.69, 9.17) is 0 Å². The largest absolute Gasteiger partial charge is 0.232 e. The van der Waals surface area contributed by atoms with Crippen molar-refractivity contribution in [3.8, 4) is 0 Å². The zero-order valence-electron chi connectivity index (χ0n) is 8.85. The summed E-state index contributed by atoms with van der Waals surface area (Å²) in [4.78, 5) is 7.83. The van der Waals surface area contributed by atoms with E-state index in [9.17, 15) is 0 Å². The van der Waals surface area contributed by atoms with E-state index < -0.39 is 0 Å². The van der Waals surface area contributed by atoms with Gasteiger partial charge in [0.25, 0.3) is 0 Å². The van der Waals surface area contributed by atoms with Crippen LogP contribution in [0.2, 0.25) is 0 Å². The van der Waals surface area contributed by atoms with Gasteiger partial charge < -0.3 is 0 Å². The Morgan fingerprint density at radius 3 is 1.69 bits per heavy atom. The maximum absolute atomic E-state index is 4.53. The molecule has 0 amide bonds. The molecule has 1 aromatic carbocycles. The predicted molar refractivity (Wildman–Crippen MR) is 73.6 cm³/mol. The molecule has 0 atom stereocenters. The van der Waals surface area contributed by atoms with Crippen LogP contribution < -0.4 is 0 Å². The molecule has 0 radical (unpaired) electrons. The Morgan fingerprint density at radius 2 is 1.31 bits per heavy atom. The van der Waals surface area contributed by atoms with Crippen LogP contribution in [-0.4, -0.2) is 23.4 Å². The van der Waals surface area contributed by atoms with Crippen LogP contribution in [0.5, 0.6) is 0 Å². The molecule has 0 saturated carbocycles. The first-order valence-electron chi connectivity index (χ1n) is 5.02. The molecule has 0 aliphatic heterocycles. The van der Waals surface area contributed by atoms with Gasteiger partial charge in [0.2, 0.25) is 0 Å². The number of rotatable bonds is 6. The molecule has 0 bridgehead atoms. The Labute approximate surface area is 106 Å². The van der Waals surface area contributed by atoms with E-state index in [0.717, 1.165) is 12.8 Å². The molecule has 0 aromatic heterocycles. The number of benzene rings is 1. The quantitative estimate of drug-likeness (QED) is 0.571. The number of nitrogens with zero attached hydrogens (tertiary/aromatic N) is 2. The molecule has 0 unspecified atom stereocenters. The zero-order valence-corrected chi connectivity index (χ0v) is 10.5. The first kappa shape index (κ1) is 12.9. The van der Waals surface area contributed by atoms with Crippen molar-refractivity contribution in [1.82, 2.24) is 0 Å². The van der Waals surface area contributed by atoms with Crippen molar-refractivity contribution in [3.63, 3.8) is 0 Å². The molecule has 0 saturated heterocycles. The summed E-state index contributed by atoms with van der Waals surface area (Å²) in [5.41, 5.74) is 2.58. The summed E-state index contributed by atoms with van der Waals surface area (Å²) >= 11 is 9.07. The second-order valence-corrected chi connectivity index (χ2v) is 3.58. The van der Waals surface area contributed by atoms with Crippen LogP contribution in [0.3, 0.4) is 0 Å². The van der Waals surface area contributed by atoms with E-state index in [1.54, 1.807) is 0 Å². The maximum atomic E-state index is 4.53. The minimum Gasteiger partial charge on any atom is -0.232 e. The average molecular weight is 248 g/mol. The molecule has 0 aliphatic rings. The molecule has 4 heteroatoms. The normalized spacial score (nSPS) is 9.00. The molecule has 1 aromatic rings. The van der Waals surface area contributed by atoms with Crippen molar-refractivity contribution in [2.45, 2.75) is 12.8 Å².